The van der Waals surface area contributed by atoms with E-state index in [1.807, 2.05) is 53.4 Å². The third-order valence-electron chi connectivity index (χ3n) is 3.78. The van der Waals surface area contributed by atoms with Gasteiger partial charge in [-0.3, -0.25) is 9.59 Å². The van der Waals surface area contributed by atoms with Crippen molar-refractivity contribution in [2.75, 3.05) is 5.32 Å². The molecule has 24 heavy (non-hydrogen) atoms. The first-order valence-corrected chi connectivity index (χ1v) is 7.75. The summed E-state index contributed by atoms with van der Waals surface area (Å²) in [4.78, 5) is 23.8. The van der Waals surface area contributed by atoms with E-state index in [1.54, 1.807) is 24.3 Å². The van der Waals surface area contributed by atoms with Crippen molar-refractivity contribution < 1.29 is 9.59 Å². The fourth-order valence-electron chi connectivity index (χ4n) is 2.57. The number of hydrogen-bond acceptors (Lipinski definition) is 2. The highest BCUT2D eigenvalue weighted by atomic mass is 16.1. The maximum atomic E-state index is 12.2. The zero-order chi connectivity index (χ0) is 16.9. The third-order valence-corrected chi connectivity index (χ3v) is 3.78. The predicted octanol–water partition coefficient (Wildman–Crippen LogP) is 3.86. The van der Waals surface area contributed by atoms with E-state index in [2.05, 4.69) is 5.32 Å². The SMILES string of the molecule is CC(=O)c1ccccc1NC(=O)Cc1ccc(-n2cccc2)cc1. The molecule has 1 heterocycles. The molecule has 4 nitrogen and oxygen atoms in total. The number of nitrogens with zero attached hydrogens (tertiary/aromatic N) is 1. The first-order valence-electron chi connectivity index (χ1n) is 7.75. The molecule has 0 saturated heterocycles. The second-order valence-corrected chi connectivity index (χ2v) is 5.58. The van der Waals surface area contributed by atoms with E-state index in [4.69, 9.17) is 0 Å². The summed E-state index contributed by atoms with van der Waals surface area (Å²) in [5.41, 5.74) is 3.04. The molecule has 0 fully saturated rings. The lowest BCUT2D eigenvalue weighted by molar-refractivity contribution is -0.115. The molecular formula is C20H18N2O2. The normalized spacial score (nSPS) is 10.4. The van der Waals surface area contributed by atoms with Crippen LogP contribution in [0.25, 0.3) is 5.69 Å². The second-order valence-electron chi connectivity index (χ2n) is 5.58. The molecule has 0 bridgehead atoms. The van der Waals surface area contributed by atoms with Gasteiger partial charge >= 0.3 is 0 Å². The van der Waals surface area contributed by atoms with Gasteiger partial charge < -0.3 is 9.88 Å². The van der Waals surface area contributed by atoms with E-state index in [-0.39, 0.29) is 18.1 Å². The molecule has 0 saturated carbocycles. The zero-order valence-corrected chi connectivity index (χ0v) is 13.4. The summed E-state index contributed by atoms with van der Waals surface area (Å²) < 4.78 is 2.01. The summed E-state index contributed by atoms with van der Waals surface area (Å²) in [5.74, 6) is -0.209. The van der Waals surface area contributed by atoms with Crippen LogP contribution in [0.1, 0.15) is 22.8 Å². The van der Waals surface area contributed by atoms with Crippen molar-refractivity contribution in [2.45, 2.75) is 13.3 Å². The molecule has 0 spiro atoms. The van der Waals surface area contributed by atoms with E-state index in [1.165, 1.54) is 6.92 Å². The molecule has 0 aliphatic rings. The Hall–Kier alpha value is -3.14. The number of amides is 1. The summed E-state index contributed by atoms with van der Waals surface area (Å²) in [6, 6.07) is 18.8. The molecule has 2 aromatic carbocycles. The summed E-state index contributed by atoms with van der Waals surface area (Å²) in [6.45, 7) is 1.49. The average Bonchev–Trinajstić information content (AvgIpc) is 3.10. The number of ketones is 1. The number of carbonyl (C=O) groups is 2. The Kier molecular flexibility index (Phi) is 4.57. The first-order chi connectivity index (χ1) is 11.6. The third kappa shape index (κ3) is 3.60. The van der Waals surface area contributed by atoms with Crippen molar-refractivity contribution in [1.82, 2.24) is 4.57 Å². The van der Waals surface area contributed by atoms with Gasteiger partial charge in [0.1, 0.15) is 0 Å². The van der Waals surface area contributed by atoms with Crippen LogP contribution in [0.4, 0.5) is 5.69 Å². The smallest absolute Gasteiger partial charge is 0.228 e. The van der Waals surface area contributed by atoms with Crippen LogP contribution in [0, 0.1) is 0 Å². The highest BCUT2D eigenvalue weighted by Gasteiger charge is 2.10. The van der Waals surface area contributed by atoms with Crippen LogP contribution in [0.2, 0.25) is 0 Å². The highest BCUT2D eigenvalue weighted by molar-refractivity contribution is 6.04. The Bertz CT molecular complexity index is 850. The van der Waals surface area contributed by atoms with Gasteiger partial charge in [-0.15, -0.1) is 0 Å². The summed E-state index contributed by atoms with van der Waals surface area (Å²) in [5, 5.41) is 2.82. The van der Waals surface area contributed by atoms with Crippen LogP contribution < -0.4 is 5.32 Å². The van der Waals surface area contributed by atoms with Crippen LogP contribution in [-0.4, -0.2) is 16.3 Å². The van der Waals surface area contributed by atoms with E-state index in [0.29, 0.717) is 11.3 Å². The number of nitrogens with one attached hydrogen (secondary N) is 1. The predicted molar refractivity (Wildman–Crippen MR) is 94.5 cm³/mol. The van der Waals surface area contributed by atoms with E-state index >= 15 is 0 Å². The van der Waals surface area contributed by atoms with Gasteiger partial charge in [-0.25, -0.2) is 0 Å². The molecule has 3 rings (SSSR count). The van der Waals surface area contributed by atoms with Crippen molar-refractivity contribution >= 4 is 17.4 Å². The standard InChI is InChI=1S/C20H18N2O2/c1-15(23)18-6-2-3-7-19(18)21-20(24)14-16-8-10-17(11-9-16)22-12-4-5-13-22/h2-13H,14H2,1H3,(H,21,24). The quantitative estimate of drug-likeness (QED) is 0.726. The van der Waals surface area contributed by atoms with Crippen LogP contribution >= 0.6 is 0 Å². The molecule has 0 radical (unpaired) electrons. The number of Topliss-reactive ketones (excluding diaryl/α,β-unsaturated/α-hetero) is 1. The molecule has 120 valence electrons. The fourth-order valence-corrected chi connectivity index (χ4v) is 2.57. The molecule has 0 atom stereocenters. The lowest BCUT2D eigenvalue weighted by Crippen LogP contribution is -2.16. The molecule has 0 aliphatic carbocycles. The molecule has 1 aromatic heterocycles. The fraction of sp³-hybridized carbons (Fsp3) is 0.100. The molecular weight excluding hydrogens is 300 g/mol. The van der Waals surface area contributed by atoms with E-state index < -0.39 is 0 Å². The van der Waals surface area contributed by atoms with Crippen molar-refractivity contribution in [3.05, 3.63) is 84.2 Å². The monoisotopic (exact) mass is 318 g/mol. The summed E-state index contributed by atoms with van der Waals surface area (Å²) in [7, 11) is 0. The Morgan fingerprint density at radius 1 is 0.917 bits per heavy atom. The minimum atomic E-state index is -0.141. The average molecular weight is 318 g/mol. The Morgan fingerprint density at radius 3 is 2.25 bits per heavy atom. The van der Waals surface area contributed by atoms with Crippen molar-refractivity contribution in [3.8, 4) is 5.69 Å². The maximum absolute atomic E-state index is 12.2. The topological polar surface area (TPSA) is 51.1 Å². The van der Waals surface area contributed by atoms with Gasteiger partial charge in [0, 0.05) is 23.6 Å². The summed E-state index contributed by atoms with van der Waals surface area (Å²) >= 11 is 0. The number of rotatable bonds is 5. The largest absolute Gasteiger partial charge is 0.325 e. The van der Waals surface area contributed by atoms with Crippen LogP contribution in [0.5, 0.6) is 0 Å². The molecule has 4 heteroatoms. The van der Waals surface area contributed by atoms with Crippen LogP contribution in [-0.2, 0) is 11.2 Å². The molecule has 1 amide bonds. The summed E-state index contributed by atoms with van der Waals surface area (Å²) in [6.07, 6.45) is 4.21. The van der Waals surface area contributed by atoms with Gasteiger partial charge in [-0.1, -0.05) is 24.3 Å². The Balaban J connectivity index is 1.68. The van der Waals surface area contributed by atoms with E-state index in [0.717, 1.165) is 11.3 Å². The Labute approximate surface area is 140 Å². The van der Waals surface area contributed by atoms with Crippen molar-refractivity contribution in [2.24, 2.45) is 0 Å². The number of aromatic nitrogens is 1. The van der Waals surface area contributed by atoms with Gasteiger partial charge in [0.25, 0.3) is 0 Å². The lowest BCUT2D eigenvalue weighted by Gasteiger charge is -2.09. The number of carbonyl (C=O) groups excluding carboxylic acids is 2. The van der Waals surface area contributed by atoms with Gasteiger partial charge in [0.15, 0.2) is 5.78 Å². The van der Waals surface area contributed by atoms with Crippen LogP contribution in [0.3, 0.4) is 0 Å². The zero-order valence-electron chi connectivity index (χ0n) is 13.4. The number of para-hydroxylation sites is 1. The highest BCUT2D eigenvalue weighted by Crippen LogP contribution is 2.16. The lowest BCUT2D eigenvalue weighted by atomic mass is 10.1. The molecule has 1 N–H and O–H groups in total. The van der Waals surface area contributed by atoms with Gasteiger partial charge in [0.05, 0.1) is 12.1 Å². The van der Waals surface area contributed by atoms with Crippen molar-refractivity contribution in [1.29, 1.82) is 0 Å². The minimum absolute atomic E-state index is 0.0676. The molecule has 0 aliphatic heterocycles. The maximum Gasteiger partial charge on any atom is 0.228 e. The first kappa shape index (κ1) is 15.7. The molecule has 3 aromatic rings. The number of hydrogen-bond donors (Lipinski definition) is 1. The molecule has 0 unspecified atom stereocenters. The number of benzene rings is 2. The Morgan fingerprint density at radius 2 is 1.58 bits per heavy atom. The van der Waals surface area contributed by atoms with Gasteiger partial charge in [-0.2, -0.15) is 0 Å². The van der Waals surface area contributed by atoms with Gasteiger partial charge in [-0.05, 0) is 48.9 Å². The van der Waals surface area contributed by atoms with E-state index in [9.17, 15) is 9.59 Å². The van der Waals surface area contributed by atoms with Crippen molar-refractivity contribution in [3.63, 3.8) is 0 Å². The minimum Gasteiger partial charge on any atom is -0.325 e. The number of anilines is 1. The van der Waals surface area contributed by atoms with Crippen LogP contribution in [0.15, 0.2) is 73.1 Å². The van der Waals surface area contributed by atoms with Gasteiger partial charge in [0.2, 0.25) is 5.91 Å². The second kappa shape index (κ2) is 6.96.